The van der Waals surface area contributed by atoms with Crippen molar-refractivity contribution in [1.29, 1.82) is 0 Å². The number of ether oxygens (including phenoxy) is 2. The summed E-state index contributed by atoms with van der Waals surface area (Å²) in [6, 6.07) is 6.32. The van der Waals surface area contributed by atoms with Gasteiger partial charge in [-0.05, 0) is 42.9 Å². The molecular formula is C19H28N2O3. The summed E-state index contributed by atoms with van der Waals surface area (Å²) in [6.07, 6.45) is 4.03. The Bertz CT molecular complexity index is 570. The highest BCUT2D eigenvalue weighted by Crippen LogP contribution is 2.35. The van der Waals surface area contributed by atoms with Gasteiger partial charge in [-0.15, -0.1) is 0 Å². The van der Waals surface area contributed by atoms with Crippen LogP contribution in [0.4, 0.5) is 0 Å². The maximum absolute atomic E-state index is 12.8. The summed E-state index contributed by atoms with van der Waals surface area (Å²) in [5, 5.41) is 3.62. The van der Waals surface area contributed by atoms with Gasteiger partial charge in [0.2, 0.25) is 5.91 Å². The summed E-state index contributed by atoms with van der Waals surface area (Å²) in [6.45, 7) is 4.76. The molecule has 1 amide bonds. The van der Waals surface area contributed by atoms with Crippen LogP contribution in [-0.4, -0.2) is 50.3 Å². The molecular weight excluding hydrogens is 304 g/mol. The Morgan fingerprint density at radius 2 is 2.21 bits per heavy atom. The summed E-state index contributed by atoms with van der Waals surface area (Å²) in [5.74, 6) is 1.17. The first-order valence-electron chi connectivity index (χ1n) is 9.03. The van der Waals surface area contributed by atoms with Gasteiger partial charge in [-0.1, -0.05) is 19.1 Å². The predicted octanol–water partition coefficient (Wildman–Crippen LogP) is 2.30. The Hall–Kier alpha value is -1.59. The van der Waals surface area contributed by atoms with Crippen LogP contribution in [0.3, 0.4) is 0 Å². The first kappa shape index (κ1) is 17.2. The van der Waals surface area contributed by atoms with Crippen molar-refractivity contribution in [2.24, 2.45) is 0 Å². The molecule has 0 aromatic heterocycles. The number of nitrogens with one attached hydrogen (secondary N) is 1. The van der Waals surface area contributed by atoms with Crippen molar-refractivity contribution >= 4 is 5.91 Å². The molecule has 1 heterocycles. The Labute approximate surface area is 144 Å². The van der Waals surface area contributed by atoms with Gasteiger partial charge in [0, 0.05) is 19.1 Å². The maximum atomic E-state index is 12.8. The van der Waals surface area contributed by atoms with E-state index in [1.807, 2.05) is 17.0 Å². The van der Waals surface area contributed by atoms with Gasteiger partial charge in [0.05, 0.1) is 26.4 Å². The van der Waals surface area contributed by atoms with Gasteiger partial charge in [0.25, 0.3) is 0 Å². The molecule has 3 rings (SSSR count). The fourth-order valence-electron chi connectivity index (χ4n) is 3.79. The number of rotatable bonds is 5. The fourth-order valence-corrected chi connectivity index (χ4v) is 3.79. The van der Waals surface area contributed by atoms with E-state index in [9.17, 15) is 4.79 Å². The van der Waals surface area contributed by atoms with E-state index in [4.69, 9.17) is 9.47 Å². The lowest BCUT2D eigenvalue weighted by molar-refractivity contribution is -0.137. The van der Waals surface area contributed by atoms with Crippen LogP contribution in [0.2, 0.25) is 0 Å². The minimum atomic E-state index is -0.134. The van der Waals surface area contributed by atoms with Crippen molar-refractivity contribution in [2.75, 3.05) is 33.4 Å². The van der Waals surface area contributed by atoms with Crippen LogP contribution in [0.1, 0.15) is 43.4 Å². The third kappa shape index (κ3) is 3.57. The summed E-state index contributed by atoms with van der Waals surface area (Å²) in [7, 11) is 1.73. The van der Waals surface area contributed by atoms with Gasteiger partial charge in [-0.2, -0.15) is 0 Å². The molecule has 2 unspecified atom stereocenters. The molecule has 1 saturated heterocycles. The molecule has 0 bridgehead atoms. The fraction of sp³-hybridized carbons (Fsp3) is 0.632. The van der Waals surface area contributed by atoms with Crippen LogP contribution in [0.5, 0.6) is 5.75 Å². The Balaban J connectivity index is 1.74. The number of morpholine rings is 1. The topological polar surface area (TPSA) is 50.8 Å². The standard InChI is InChI=1S/C19H28N2O3/c1-3-16(19(22)21-10-12-24-13-11-21)20-17-8-4-7-15-14(17)6-5-9-18(15)23-2/h5-6,9,16-17,20H,3-4,7-8,10-13H2,1-2H3. The van der Waals surface area contributed by atoms with Crippen molar-refractivity contribution in [1.82, 2.24) is 10.2 Å². The first-order valence-corrected chi connectivity index (χ1v) is 9.03. The number of fused-ring (bicyclic) bond motifs is 1. The molecule has 24 heavy (non-hydrogen) atoms. The molecule has 5 heteroatoms. The molecule has 1 fully saturated rings. The van der Waals surface area contributed by atoms with Crippen molar-refractivity contribution in [2.45, 2.75) is 44.7 Å². The zero-order valence-electron chi connectivity index (χ0n) is 14.7. The number of nitrogens with zero attached hydrogens (tertiary/aromatic N) is 1. The Kier molecular flexibility index (Phi) is 5.74. The van der Waals surface area contributed by atoms with E-state index < -0.39 is 0 Å². The quantitative estimate of drug-likeness (QED) is 0.899. The van der Waals surface area contributed by atoms with Gasteiger partial charge in [0.1, 0.15) is 5.75 Å². The molecule has 2 aliphatic rings. The van der Waals surface area contributed by atoms with Crippen LogP contribution in [0, 0.1) is 0 Å². The predicted molar refractivity (Wildman–Crippen MR) is 93.3 cm³/mol. The van der Waals surface area contributed by atoms with Crippen LogP contribution in [0.15, 0.2) is 18.2 Å². The van der Waals surface area contributed by atoms with Gasteiger partial charge in [-0.25, -0.2) is 0 Å². The second kappa shape index (κ2) is 7.99. The van der Waals surface area contributed by atoms with E-state index >= 15 is 0 Å². The van der Waals surface area contributed by atoms with Crippen LogP contribution in [-0.2, 0) is 16.0 Å². The second-order valence-corrected chi connectivity index (χ2v) is 6.54. The minimum Gasteiger partial charge on any atom is -0.496 e. The van der Waals surface area contributed by atoms with Crippen molar-refractivity contribution in [3.8, 4) is 5.75 Å². The van der Waals surface area contributed by atoms with Gasteiger partial charge < -0.3 is 14.4 Å². The number of amides is 1. The second-order valence-electron chi connectivity index (χ2n) is 6.54. The van der Waals surface area contributed by atoms with Crippen LogP contribution >= 0.6 is 0 Å². The highest BCUT2D eigenvalue weighted by atomic mass is 16.5. The summed E-state index contributed by atoms with van der Waals surface area (Å²) < 4.78 is 10.9. The van der Waals surface area contributed by atoms with Crippen molar-refractivity contribution < 1.29 is 14.3 Å². The van der Waals surface area contributed by atoms with E-state index in [0.717, 1.165) is 31.4 Å². The average Bonchev–Trinajstić information content (AvgIpc) is 2.65. The molecule has 1 aliphatic heterocycles. The van der Waals surface area contributed by atoms with E-state index in [1.54, 1.807) is 7.11 Å². The molecule has 0 saturated carbocycles. The lowest BCUT2D eigenvalue weighted by Crippen LogP contribution is -2.51. The largest absolute Gasteiger partial charge is 0.496 e. The highest BCUT2D eigenvalue weighted by molar-refractivity contribution is 5.82. The molecule has 0 radical (unpaired) electrons. The van der Waals surface area contributed by atoms with E-state index in [-0.39, 0.29) is 18.0 Å². The third-order valence-electron chi connectivity index (χ3n) is 5.12. The normalized spacial score (nSPS) is 21.9. The summed E-state index contributed by atoms with van der Waals surface area (Å²) in [5.41, 5.74) is 2.58. The zero-order valence-corrected chi connectivity index (χ0v) is 14.7. The smallest absolute Gasteiger partial charge is 0.239 e. The number of carbonyl (C=O) groups is 1. The Morgan fingerprint density at radius 1 is 1.42 bits per heavy atom. The molecule has 5 nitrogen and oxygen atoms in total. The van der Waals surface area contributed by atoms with Crippen molar-refractivity contribution in [3.63, 3.8) is 0 Å². The number of benzene rings is 1. The number of methoxy groups -OCH3 is 1. The molecule has 1 aliphatic carbocycles. The molecule has 132 valence electrons. The molecule has 1 aromatic carbocycles. The van der Waals surface area contributed by atoms with Crippen molar-refractivity contribution in [3.05, 3.63) is 29.3 Å². The molecule has 2 atom stereocenters. The van der Waals surface area contributed by atoms with Gasteiger partial charge >= 0.3 is 0 Å². The van der Waals surface area contributed by atoms with E-state index in [1.165, 1.54) is 11.1 Å². The lowest BCUT2D eigenvalue weighted by atomic mass is 9.86. The summed E-state index contributed by atoms with van der Waals surface area (Å²) >= 11 is 0. The molecule has 0 spiro atoms. The van der Waals surface area contributed by atoms with Crippen LogP contribution in [0.25, 0.3) is 0 Å². The molecule has 1 aromatic rings. The van der Waals surface area contributed by atoms with Crippen LogP contribution < -0.4 is 10.1 Å². The monoisotopic (exact) mass is 332 g/mol. The minimum absolute atomic E-state index is 0.134. The zero-order chi connectivity index (χ0) is 16.9. The number of hydrogen-bond acceptors (Lipinski definition) is 4. The van der Waals surface area contributed by atoms with E-state index in [2.05, 4.69) is 18.3 Å². The molecule has 1 N–H and O–H groups in total. The Morgan fingerprint density at radius 3 is 2.92 bits per heavy atom. The first-order chi connectivity index (χ1) is 11.7. The number of carbonyl (C=O) groups excluding carboxylic acids is 1. The summed E-state index contributed by atoms with van der Waals surface area (Å²) in [4.78, 5) is 14.8. The maximum Gasteiger partial charge on any atom is 0.239 e. The van der Waals surface area contributed by atoms with Gasteiger partial charge in [-0.3, -0.25) is 10.1 Å². The highest BCUT2D eigenvalue weighted by Gasteiger charge is 2.29. The average molecular weight is 332 g/mol. The SMILES string of the molecule is CCC(NC1CCCc2c(OC)cccc21)C(=O)N1CCOCC1. The van der Waals surface area contributed by atoms with E-state index in [0.29, 0.717) is 26.3 Å². The number of hydrogen-bond donors (Lipinski definition) is 1. The van der Waals surface area contributed by atoms with Gasteiger partial charge in [0.15, 0.2) is 0 Å². The third-order valence-corrected chi connectivity index (χ3v) is 5.12. The lowest BCUT2D eigenvalue weighted by Gasteiger charge is -2.34.